The molecule has 1 aliphatic rings. The number of esters is 1. The van der Waals surface area contributed by atoms with Gasteiger partial charge in [0.1, 0.15) is 18.2 Å². The largest absolute Gasteiger partial charge is 0.459 e. The first-order chi connectivity index (χ1) is 15.8. The zero-order valence-corrected chi connectivity index (χ0v) is 20.2. The molecule has 2 rings (SSSR count). The molecule has 34 heavy (non-hydrogen) atoms. The van der Waals surface area contributed by atoms with Gasteiger partial charge in [0.25, 0.3) is 0 Å². The summed E-state index contributed by atoms with van der Waals surface area (Å²) in [6, 6.07) is 2.34. The van der Waals surface area contributed by atoms with E-state index in [-0.39, 0.29) is 43.3 Å². The van der Waals surface area contributed by atoms with E-state index in [9.17, 15) is 28.0 Å². The van der Waals surface area contributed by atoms with Gasteiger partial charge in [-0.05, 0) is 39.2 Å². The molecule has 1 aliphatic heterocycles. The number of carbonyl (C=O) groups is 4. The number of benzene rings is 1. The molecule has 0 saturated carbocycles. The Hall–Kier alpha value is -3.04. The number of amides is 3. The van der Waals surface area contributed by atoms with E-state index in [1.165, 1.54) is 17.0 Å². The second-order valence-electron chi connectivity index (χ2n) is 9.72. The Morgan fingerprint density at radius 2 is 1.88 bits per heavy atom. The van der Waals surface area contributed by atoms with Crippen LogP contribution in [0.2, 0.25) is 0 Å². The summed E-state index contributed by atoms with van der Waals surface area (Å²) in [4.78, 5) is 50.8. The van der Waals surface area contributed by atoms with Gasteiger partial charge in [-0.2, -0.15) is 0 Å². The summed E-state index contributed by atoms with van der Waals surface area (Å²) < 4.78 is 32.8. The van der Waals surface area contributed by atoms with Gasteiger partial charge in [0.15, 0.2) is 11.6 Å². The van der Waals surface area contributed by atoms with E-state index in [0.29, 0.717) is 6.42 Å². The number of hydrogen-bond donors (Lipinski definition) is 2. The maximum atomic E-state index is 14.1. The van der Waals surface area contributed by atoms with Crippen molar-refractivity contribution >= 4 is 23.7 Å². The van der Waals surface area contributed by atoms with E-state index in [1.807, 2.05) is 0 Å². The number of halogens is 2. The lowest BCUT2D eigenvalue weighted by Crippen LogP contribution is -2.51. The van der Waals surface area contributed by atoms with Gasteiger partial charge in [0.2, 0.25) is 17.7 Å². The van der Waals surface area contributed by atoms with Gasteiger partial charge < -0.3 is 20.3 Å². The average molecular weight is 482 g/mol. The lowest BCUT2D eigenvalue weighted by molar-refractivity contribution is -0.154. The Kier molecular flexibility index (Phi) is 9.12. The summed E-state index contributed by atoms with van der Waals surface area (Å²) in [5.74, 6) is -4.14. The zero-order valence-electron chi connectivity index (χ0n) is 20.2. The molecule has 0 unspecified atom stereocenters. The molecule has 2 N–H and O–H groups in total. The van der Waals surface area contributed by atoms with Crippen molar-refractivity contribution in [1.82, 2.24) is 15.5 Å². The maximum Gasteiger partial charge on any atom is 0.325 e. The molecule has 8 nitrogen and oxygen atoms in total. The molecule has 1 aromatic carbocycles. The minimum Gasteiger partial charge on any atom is -0.459 e. The van der Waals surface area contributed by atoms with E-state index < -0.39 is 47.1 Å². The van der Waals surface area contributed by atoms with Gasteiger partial charge in [0.05, 0.1) is 0 Å². The third-order valence-electron chi connectivity index (χ3n) is 5.34. The van der Waals surface area contributed by atoms with E-state index in [2.05, 4.69) is 10.6 Å². The number of carbonyl (C=O) groups excluding carboxylic acids is 4. The molecule has 0 aromatic heterocycles. The third-order valence-corrected chi connectivity index (χ3v) is 5.34. The number of nitrogens with zero attached hydrogens (tertiary/aromatic N) is 1. The second kappa shape index (κ2) is 11.4. The fraction of sp³-hybridized carbons (Fsp3) is 0.583. The van der Waals surface area contributed by atoms with Gasteiger partial charge in [-0.3, -0.25) is 19.2 Å². The predicted octanol–water partition coefficient (Wildman–Crippen LogP) is 2.44. The Balaban J connectivity index is 1.97. The summed E-state index contributed by atoms with van der Waals surface area (Å²) in [6.45, 7) is 8.15. The molecule has 1 heterocycles. The maximum absolute atomic E-state index is 14.1. The van der Waals surface area contributed by atoms with E-state index in [4.69, 9.17) is 4.74 Å². The van der Waals surface area contributed by atoms with Crippen molar-refractivity contribution in [2.24, 2.45) is 5.92 Å². The number of ether oxygens (including phenoxy) is 1. The van der Waals surface area contributed by atoms with Crippen molar-refractivity contribution in [3.63, 3.8) is 0 Å². The van der Waals surface area contributed by atoms with Crippen LogP contribution in [0.5, 0.6) is 0 Å². The number of likely N-dealkylation sites (tertiary alicyclic amines) is 1. The Bertz CT molecular complexity index is 930. The van der Waals surface area contributed by atoms with Crippen LogP contribution in [-0.2, 0) is 30.5 Å². The lowest BCUT2D eigenvalue weighted by Gasteiger charge is -2.27. The van der Waals surface area contributed by atoms with Crippen LogP contribution in [0, 0.1) is 17.6 Å². The summed E-state index contributed by atoms with van der Waals surface area (Å²) in [5.41, 5.74) is -0.658. The SMILES string of the molecule is CC(C)[C@H](NC(=O)C[C@@H]1CCC(=O)N1Cc1cccc(F)c1F)C(=O)NCC(=O)OC(C)(C)C. The number of hydrogen-bond acceptors (Lipinski definition) is 5. The summed E-state index contributed by atoms with van der Waals surface area (Å²) >= 11 is 0. The van der Waals surface area contributed by atoms with Crippen LogP contribution in [0.15, 0.2) is 18.2 Å². The zero-order chi connectivity index (χ0) is 25.6. The van der Waals surface area contributed by atoms with Crippen molar-refractivity contribution in [1.29, 1.82) is 0 Å². The first-order valence-corrected chi connectivity index (χ1v) is 11.3. The van der Waals surface area contributed by atoms with Crippen molar-refractivity contribution < 1.29 is 32.7 Å². The standard InChI is InChI=1S/C24H33F2N3O5/c1-14(2)22(23(33)27-12-20(32)34-24(3,4)5)28-18(30)11-16-9-10-19(31)29(16)13-15-7-6-8-17(25)21(15)26/h6-8,14,16,22H,9-13H2,1-5H3,(H,27,33)(H,28,30)/t16-,22-/m0/s1. The molecular weight excluding hydrogens is 448 g/mol. The van der Waals surface area contributed by atoms with Crippen LogP contribution in [0.3, 0.4) is 0 Å². The Morgan fingerprint density at radius 3 is 2.50 bits per heavy atom. The van der Waals surface area contributed by atoms with Gasteiger partial charge in [-0.1, -0.05) is 26.0 Å². The van der Waals surface area contributed by atoms with Crippen molar-refractivity contribution in [2.75, 3.05) is 6.54 Å². The van der Waals surface area contributed by atoms with Crippen LogP contribution in [-0.4, -0.2) is 52.8 Å². The molecule has 0 bridgehead atoms. The number of nitrogens with one attached hydrogen (secondary N) is 2. The Labute approximate surface area is 198 Å². The first-order valence-electron chi connectivity index (χ1n) is 11.3. The normalized spacial score (nSPS) is 17.0. The molecule has 1 fully saturated rings. The summed E-state index contributed by atoms with van der Waals surface area (Å²) in [5, 5.41) is 5.14. The van der Waals surface area contributed by atoms with E-state index >= 15 is 0 Å². The van der Waals surface area contributed by atoms with Crippen molar-refractivity contribution in [2.45, 2.75) is 78.1 Å². The van der Waals surface area contributed by atoms with Crippen molar-refractivity contribution in [3.8, 4) is 0 Å². The molecule has 1 saturated heterocycles. The minimum absolute atomic E-state index is 0.0298. The molecule has 10 heteroatoms. The molecule has 2 atom stereocenters. The number of rotatable bonds is 9. The van der Waals surface area contributed by atoms with Gasteiger partial charge in [0, 0.05) is 31.0 Å². The van der Waals surface area contributed by atoms with Crippen molar-refractivity contribution in [3.05, 3.63) is 35.4 Å². The smallest absolute Gasteiger partial charge is 0.325 e. The summed E-state index contributed by atoms with van der Waals surface area (Å²) in [6.07, 6.45) is 0.491. The highest BCUT2D eigenvalue weighted by Crippen LogP contribution is 2.25. The molecule has 3 amide bonds. The second-order valence-corrected chi connectivity index (χ2v) is 9.72. The molecular formula is C24H33F2N3O5. The molecule has 188 valence electrons. The van der Waals surface area contributed by atoms with Crippen LogP contribution in [0.1, 0.15) is 59.4 Å². The summed E-state index contributed by atoms with van der Waals surface area (Å²) in [7, 11) is 0. The topological polar surface area (TPSA) is 105 Å². The Morgan fingerprint density at radius 1 is 1.21 bits per heavy atom. The minimum atomic E-state index is -1.02. The highest BCUT2D eigenvalue weighted by molar-refractivity contribution is 5.90. The van der Waals surface area contributed by atoms with Gasteiger partial charge in [-0.15, -0.1) is 0 Å². The fourth-order valence-corrected chi connectivity index (χ4v) is 3.70. The quantitative estimate of drug-likeness (QED) is 0.527. The molecule has 0 spiro atoms. The predicted molar refractivity (Wildman–Crippen MR) is 120 cm³/mol. The van der Waals surface area contributed by atoms with Crippen LogP contribution < -0.4 is 10.6 Å². The van der Waals surface area contributed by atoms with Crippen LogP contribution in [0.4, 0.5) is 8.78 Å². The molecule has 0 aliphatic carbocycles. The average Bonchev–Trinajstić information content (AvgIpc) is 3.05. The van der Waals surface area contributed by atoms with Gasteiger partial charge >= 0.3 is 5.97 Å². The van der Waals surface area contributed by atoms with E-state index in [0.717, 1.165) is 6.07 Å². The molecule has 0 radical (unpaired) electrons. The molecule has 1 aromatic rings. The first kappa shape index (κ1) is 27.2. The monoisotopic (exact) mass is 481 g/mol. The van der Waals surface area contributed by atoms with Gasteiger partial charge in [-0.25, -0.2) is 8.78 Å². The highest BCUT2D eigenvalue weighted by Gasteiger charge is 2.34. The fourth-order valence-electron chi connectivity index (χ4n) is 3.70. The van der Waals surface area contributed by atoms with Crippen LogP contribution >= 0.6 is 0 Å². The third kappa shape index (κ3) is 7.78. The highest BCUT2D eigenvalue weighted by atomic mass is 19.2. The van der Waals surface area contributed by atoms with E-state index in [1.54, 1.807) is 34.6 Å². The van der Waals surface area contributed by atoms with Crippen LogP contribution in [0.25, 0.3) is 0 Å². The lowest BCUT2D eigenvalue weighted by atomic mass is 10.0.